The standard InChI is InChI=1S/C10H16N2O/c1-6-3-4-8(9(12)5-11)10(13)7(6)2/h3-4,9,13H,5,11-12H2,1-2H3/t9-/m0/s1. The van der Waals surface area contributed by atoms with Gasteiger partial charge in [-0.2, -0.15) is 0 Å². The van der Waals surface area contributed by atoms with Gasteiger partial charge in [-0.25, -0.2) is 0 Å². The van der Waals surface area contributed by atoms with E-state index in [9.17, 15) is 5.11 Å². The van der Waals surface area contributed by atoms with E-state index >= 15 is 0 Å². The Morgan fingerprint density at radius 2 is 2.00 bits per heavy atom. The zero-order chi connectivity index (χ0) is 10.0. The van der Waals surface area contributed by atoms with E-state index in [4.69, 9.17) is 11.5 Å². The Hall–Kier alpha value is -1.06. The Kier molecular flexibility index (Phi) is 2.90. The summed E-state index contributed by atoms with van der Waals surface area (Å²) in [7, 11) is 0. The van der Waals surface area contributed by atoms with Gasteiger partial charge in [0.15, 0.2) is 0 Å². The van der Waals surface area contributed by atoms with Crippen LogP contribution >= 0.6 is 0 Å². The van der Waals surface area contributed by atoms with Gasteiger partial charge in [0.25, 0.3) is 0 Å². The largest absolute Gasteiger partial charge is 0.507 e. The predicted molar refractivity (Wildman–Crippen MR) is 53.6 cm³/mol. The quantitative estimate of drug-likeness (QED) is 0.635. The zero-order valence-electron chi connectivity index (χ0n) is 8.04. The SMILES string of the molecule is Cc1ccc([C@@H](N)CN)c(O)c1C. The van der Waals surface area contributed by atoms with Crippen LogP contribution in [0.1, 0.15) is 22.7 Å². The van der Waals surface area contributed by atoms with Crippen molar-refractivity contribution in [1.82, 2.24) is 0 Å². The maximum Gasteiger partial charge on any atom is 0.123 e. The Labute approximate surface area is 78.4 Å². The van der Waals surface area contributed by atoms with E-state index in [0.29, 0.717) is 6.54 Å². The molecule has 0 fully saturated rings. The second-order valence-electron chi connectivity index (χ2n) is 3.29. The topological polar surface area (TPSA) is 72.3 Å². The van der Waals surface area contributed by atoms with Gasteiger partial charge in [0.2, 0.25) is 0 Å². The lowest BCUT2D eigenvalue weighted by Crippen LogP contribution is -2.21. The van der Waals surface area contributed by atoms with Crippen LogP contribution in [0.2, 0.25) is 0 Å². The summed E-state index contributed by atoms with van der Waals surface area (Å²) in [5.41, 5.74) is 13.8. The molecule has 1 atom stereocenters. The molecule has 0 radical (unpaired) electrons. The molecule has 0 bridgehead atoms. The second-order valence-corrected chi connectivity index (χ2v) is 3.29. The average molecular weight is 180 g/mol. The van der Waals surface area contributed by atoms with Gasteiger partial charge in [-0.3, -0.25) is 0 Å². The van der Waals surface area contributed by atoms with E-state index in [-0.39, 0.29) is 11.8 Å². The van der Waals surface area contributed by atoms with Gasteiger partial charge < -0.3 is 16.6 Å². The summed E-state index contributed by atoms with van der Waals surface area (Å²) in [4.78, 5) is 0. The van der Waals surface area contributed by atoms with Gasteiger partial charge in [0.05, 0.1) is 0 Å². The van der Waals surface area contributed by atoms with Crippen molar-refractivity contribution in [3.63, 3.8) is 0 Å². The summed E-state index contributed by atoms with van der Waals surface area (Å²) < 4.78 is 0. The first-order valence-electron chi connectivity index (χ1n) is 4.32. The fraction of sp³-hybridized carbons (Fsp3) is 0.400. The lowest BCUT2D eigenvalue weighted by Gasteiger charge is -2.14. The summed E-state index contributed by atoms with van der Waals surface area (Å²) in [5, 5.41) is 9.74. The van der Waals surface area contributed by atoms with Crippen molar-refractivity contribution in [2.45, 2.75) is 19.9 Å². The summed E-state index contributed by atoms with van der Waals surface area (Å²) in [5.74, 6) is 0.276. The van der Waals surface area contributed by atoms with Gasteiger partial charge >= 0.3 is 0 Å². The first-order chi connectivity index (χ1) is 6.07. The van der Waals surface area contributed by atoms with Crippen LogP contribution in [0.4, 0.5) is 0 Å². The molecule has 1 aromatic carbocycles. The minimum Gasteiger partial charge on any atom is -0.507 e. The molecule has 0 spiro atoms. The third kappa shape index (κ3) is 1.82. The van der Waals surface area contributed by atoms with Crippen LogP contribution < -0.4 is 11.5 Å². The lowest BCUT2D eigenvalue weighted by atomic mass is 10.00. The second kappa shape index (κ2) is 3.77. The number of rotatable bonds is 2. The average Bonchev–Trinajstić information content (AvgIpc) is 2.13. The highest BCUT2D eigenvalue weighted by Crippen LogP contribution is 2.28. The van der Waals surface area contributed by atoms with Crippen molar-refractivity contribution >= 4 is 0 Å². The third-order valence-electron chi connectivity index (χ3n) is 2.39. The van der Waals surface area contributed by atoms with Crippen molar-refractivity contribution < 1.29 is 5.11 Å². The minimum absolute atomic E-state index is 0.276. The van der Waals surface area contributed by atoms with Crippen LogP contribution in [-0.4, -0.2) is 11.7 Å². The van der Waals surface area contributed by atoms with E-state index in [2.05, 4.69) is 0 Å². The molecule has 3 nitrogen and oxygen atoms in total. The molecular weight excluding hydrogens is 164 g/mol. The van der Waals surface area contributed by atoms with Gasteiger partial charge in [0, 0.05) is 18.2 Å². The maximum atomic E-state index is 9.74. The highest BCUT2D eigenvalue weighted by molar-refractivity contribution is 5.45. The van der Waals surface area contributed by atoms with Gasteiger partial charge in [-0.1, -0.05) is 12.1 Å². The molecule has 1 rings (SSSR count). The Bertz CT molecular complexity index is 310. The van der Waals surface area contributed by atoms with Crippen molar-refractivity contribution in [3.05, 3.63) is 28.8 Å². The van der Waals surface area contributed by atoms with Crippen LogP contribution in [-0.2, 0) is 0 Å². The van der Waals surface area contributed by atoms with Gasteiger partial charge in [-0.05, 0) is 25.0 Å². The molecule has 0 aromatic heterocycles. The van der Waals surface area contributed by atoms with Crippen molar-refractivity contribution in [1.29, 1.82) is 0 Å². The number of aromatic hydroxyl groups is 1. The molecule has 3 heteroatoms. The molecule has 0 aliphatic carbocycles. The van der Waals surface area contributed by atoms with Crippen LogP contribution in [0.25, 0.3) is 0 Å². The summed E-state index contributed by atoms with van der Waals surface area (Å²) >= 11 is 0. The number of phenols is 1. The van der Waals surface area contributed by atoms with Crippen LogP contribution in [0.15, 0.2) is 12.1 Å². The lowest BCUT2D eigenvalue weighted by molar-refractivity contribution is 0.457. The Morgan fingerprint density at radius 3 is 2.54 bits per heavy atom. The molecule has 0 saturated heterocycles. The highest BCUT2D eigenvalue weighted by Gasteiger charge is 2.11. The van der Waals surface area contributed by atoms with Crippen LogP contribution in [0, 0.1) is 13.8 Å². The number of phenolic OH excluding ortho intramolecular Hbond substituents is 1. The molecule has 5 N–H and O–H groups in total. The molecule has 0 heterocycles. The molecule has 0 amide bonds. The van der Waals surface area contributed by atoms with Crippen molar-refractivity contribution in [3.8, 4) is 5.75 Å². The number of nitrogens with two attached hydrogens (primary N) is 2. The maximum absolute atomic E-state index is 9.74. The fourth-order valence-electron chi connectivity index (χ4n) is 1.25. The van der Waals surface area contributed by atoms with Gasteiger partial charge in [-0.15, -0.1) is 0 Å². The van der Waals surface area contributed by atoms with E-state index in [0.717, 1.165) is 16.7 Å². The molecule has 0 unspecified atom stereocenters. The first kappa shape index (κ1) is 10.0. The van der Waals surface area contributed by atoms with Gasteiger partial charge in [0.1, 0.15) is 5.75 Å². The van der Waals surface area contributed by atoms with E-state index in [1.54, 1.807) is 0 Å². The summed E-state index contributed by atoms with van der Waals surface area (Å²) in [6.45, 7) is 4.17. The summed E-state index contributed by atoms with van der Waals surface area (Å²) in [6, 6.07) is 3.49. The van der Waals surface area contributed by atoms with Crippen molar-refractivity contribution in [2.24, 2.45) is 11.5 Å². The predicted octanol–water partition coefficient (Wildman–Crippen LogP) is 0.968. The third-order valence-corrected chi connectivity index (χ3v) is 2.39. The monoisotopic (exact) mass is 180 g/mol. The smallest absolute Gasteiger partial charge is 0.123 e. The van der Waals surface area contributed by atoms with Crippen LogP contribution in [0.3, 0.4) is 0 Å². The summed E-state index contributed by atoms with van der Waals surface area (Å²) in [6.07, 6.45) is 0. The van der Waals surface area contributed by atoms with E-state index in [1.165, 1.54) is 0 Å². The molecule has 0 saturated carbocycles. The molecule has 0 aliphatic rings. The molecule has 0 aliphatic heterocycles. The Balaban J connectivity index is 3.18. The van der Waals surface area contributed by atoms with Crippen LogP contribution in [0.5, 0.6) is 5.75 Å². The molecule has 13 heavy (non-hydrogen) atoms. The molecular formula is C10H16N2O. The Morgan fingerprint density at radius 1 is 1.38 bits per heavy atom. The fourth-order valence-corrected chi connectivity index (χ4v) is 1.25. The molecule has 72 valence electrons. The van der Waals surface area contributed by atoms with Crippen molar-refractivity contribution in [2.75, 3.05) is 6.54 Å². The van der Waals surface area contributed by atoms with E-state index < -0.39 is 0 Å². The number of hydrogen-bond donors (Lipinski definition) is 3. The number of hydrogen-bond acceptors (Lipinski definition) is 3. The van der Waals surface area contributed by atoms with E-state index in [1.807, 2.05) is 26.0 Å². The number of benzene rings is 1. The minimum atomic E-state index is -0.278. The molecule has 1 aromatic rings. The zero-order valence-corrected chi connectivity index (χ0v) is 8.04. The number of aryl methyl sites for hydroxylation is 1. The first-order valence-corrected chi connectivity index (χ1v) is 4.32. The normalized spacial score (nSPS) is 12.9. The highest BCUT2D eigenvalue weighted by atomic mass is 16.3.